The molecule has 0 atom stereocenters. The molecule has 0 saturated carbocycles. The summed E-state index contributed by atoms with van der Waals surface area (Å²) in [7, 11) is 1.41. The second kappa shape index (κ2) is 7.16. The molecule has 0 spiro atoms. The number of methoxy groups -OCH3 is 1. The molecule has 3 rings (SSSR count). The normalized spacial score (nSPS) is 14.3. The van der Waals surface area contributed by atoms with Gasteiger partial charge < -0.3 is 14.5 Å². The van der Waals surface area contributed by atoms with E-state index in [1.165, 1.54) is 13.2 Å². The quantitative estimate of drug-likeness (QED) is 0.623. The van der Waals surface area contributed by atoms with Crippen molar-refractivity contribution >= 4 is 17.3 Å². The van der Waals surface area contributed by atoms with Crippen LogP contribution in [0.15, 0.2) is 42.7 Å². The number of hydrogen-bond acceptors (Lipinski definition) is 6. The van der Waals surface area contributed by atoms with Crippen molar-refractivity contribution in [2.24, 2.45) is 0 Å². The molecule has 1 aliphatic rings. The molecule has 130 valence electrons. The zero-order valence-electron chi connectivity index (χ0n) is 13.8. The number of hydrogen-bond donors (Lipinski definition) is 0. The fourth-order valence-corrected chi connectivity index (χ4v) is 2.85. The number of aromatic nitrogens is 1. The Bertz CT molecular complexity index is 773. The van der Waals surface area contributed by atoms with Crippen molar-refractivity contribution in [3.8, 4) is 5.75 Å². The van der Waals surface area contributed by atoms with E-state index in [0.29, 0.717) is 31.7 Å². The molecular weight excluding hydrogens is 324 g/mol. The summed E-state index contributed by atoms with van der Waals surface area (Å²) in [6, 6.07) is 8.31. The number of carbonyl (C=O) groups is 1. The molecule has 2 aromatic rings. The number of amides is 1. The molecule has 2 heterocycles. The lowest BCUT2D eigenvalue weighted by Gasteiger charge is -2.36. The molecule has 8 nitrogen and oxygen atoms in total. The van der Waals surface area contributed by atoms with Crippen LogP contribution in [0.3, 0.4) is 0 Å². The largest absolute Gasteiger partial charge is 0.490 e. The Labute approximate surface area is 144 Å². The van der Waals surface area contributed by atoms with Gasteiger partial charge in [0.05, 0.1) is 17.6 Å². The second-order valence-electron chi connectivity index (χ2n) is 5.63. The molecule has 1 aliphatic heterocycles. The number of benzene rings is 1. The van der Waals surface area contributed by atoms with Gasteiger partial charge in [0.25, 0.3) is 5.91 Å². The van der Waals surface area contributed by atoms with Crippen molar-refractivity contribution in [1.29, 1.82) is 0 Å². The van der Waals surface area contributed by atoms with E-state index in [1.54, 1.807) is 41.6 Å². The van der Waals surface area contributed by atoms with Crippen LogP contribution in [0.2, 0.25) is 0 Å². The molecule has 0 radical (unpaired) electrons. The highest BCUT2D eigenvalue weighted by Gasteiger charge is 2.24. The average Bonchev–Trinajstić information content (AvgIpc) is 2.67. The highest BCUT2D eigenvalue weighted by Crippen LogP contribution is 2.31. The number of nitro benzene ring substituents is 1. The number of pyridine rings is 1. The highest BCUT2D eigenvalue weighted by atomic mass is 16.6. The molecular formula is C17H18N4O4. The van der Waals surface area contributed by atoms with E-state index in [-0.39, 0.29) is 17.3 Å². The van der Waals surface area contributed by atoms with Crippen molar-refractivity contribution in [3.63, 3.8) is 0 Å². The van der Waals surface area contributed by atoms with Crippen LogP contribution in [0, 0.1) is 10.1 Å². The lowest BCUT2D eigenvalue weighted by Crippen LogP contribution is -2.48. The summed E-state index contributed by atoms with van der Waals surface area (Å²) in [5.41, 5.74) is 1.36. The summed E-state index contributed by atoms with van der Waals surface area (Å²) in [5.74, 6) is 0.199. The molecule has 1 fully saturated rings. The first kappa shape index (κ1) is 16.7. The number of anilines is 1. The Morgan fingerprint density at radius 2 is 2.00 bits per heavy atom. The van der Waals surface area contributed by atoms with E-state index < -0.39 is 4.92 Å². The maximum atomic E-state index is 12.4. The Balaban J connectivity index is 1.68. The third-order valence-corrected chi connectivity index (χ3v) is 4.20. The van der Waals surface area contributed by atoms with E-state index in [2.05, 4.69) is 9.88 Å². The minimum Gasteiger partial charge on any atom is -0.490 e. The van der Waals surface area contributed by atoms with Crippen molar-refractivity contribution in [2.75, 3.05) is 38.2 Å². The monoisotopic (exact) mass is 342 g/mol. The van der Waals surface area contributed by atoms with Crippen molar-refractivity contribution in [3.05, 3.63) is 58.4 Å². The number of carbonyl (C=O) groups excluding carboxylic acids is 1. The molecule has 1 amide bonds. The predicted molar refractivity (Wildman–Crippen MR) is 92.0 cm³/mol. The first-order valence-corrected chi connectivity index (χ1v) is 7.87. The van der Waals surface area contributed by atoms with E-state index >= 15 is 0 Å². The van der Waals surface area contributed by atoms with Gasteiger partial charge in [0.15, 0.2) is 5.75 Å². The zero-order valence-corrected chi connectivity index (χ0v) is 13.8. The Kier molecular flexibility index (Phi) is 4.78. The molecule has 1 aromatic heterocycles. The minimum atomic E-state index is -0.465. The van der Waals surface area contributed by atoms with Gasteiger partial charge in [-0.2, -0.15) is 0 Å². The summed E-state index contributed by atoms with van der Waals surface area (Å²) in [4.78, 5) is 30.8. The topological polar surface area (TPSA) is 88.8 Å². The molecule has 0 N–H and O–H groups in total. The van der Waals surface area contributed by atoms with Gasteiger partial charge in [-0.3, -0.25) is 19.9 Å². The van der Waals surface area contributed by atoms with Gasteiger partial charge in [-0.25, -0.2) is 0 Å². The van der Waals surface area contributed by atoms with Crippen molar-refractivity contribution in [1.82, 2.24) is 9.88 Å². The lowest BCUT2D eigenvalue weighted by molar-refractivity contribution is -0.385. The first-order chi connectivity index (χ1) is 12.1. The van der Waals surface area contributed by atoms with Crippen LogP contribution >= 0.6 is 0 Å². The fourth-order valence-electron chi connectivity index (χ4n) is 2.85. The second-order valence-corrected chi connectivity index (χ2v) is 5.63. The molecule has 25 heavy (non-hydrogen) atoms. The van der Waals surface area contributed by atoms with Gasteiger partial charge in [-0.1, -0.05) is 0 Å². The smallest absolute Gasteiger partial charge is 0.311 e. The minimum absolute atomic E-state index is 0.0333. The van der Waals surface area contributed by atoms with E-state index in [0.717, 1.165) is 5.69 Å². The van der Waals surface area contributed by atoms with Gasteiger partial charge in [0, 0.05) is 56.4 Å². The van der Waals surface area contributed by atoms with Crippen LogP contribution in [-0.2, 0) is 0 Å². The highest BCUT2D eigenvalue weighted by molar-refractivity contribution is 5.94. The molecule has 1 aromatic carbocycles. The Morgan fingerprint density at radius 3 is 2.60 bits per heavy atom. The fraction of sp³-hybridized carbons (Fsp3) is 0.294. The van der Waals surface area contributed by atoms with Crippen LogP contribution in [0.5, 0.6) is 5.75 Å². The number of rotatable bonds is 4. The summed E-state index contributed by atoms with van der Waals surface area (Å²) < 4.78 is 5.12. The summed E-state index contributed by atoms with van der Waals surface area (Å²) in [6.45, 7) is 2.44. The van der Waals surface area contributed by atoms with Crippen LogP contribution in [0.4, 0.5) is 11.4 Å². The van der Waals surface area contributed by atoms with Crippen LogP contribution in [0.25, 0.3) is 0 Å². The van der Waals surface area contributed by atoms with Gasteiger partial charge >= 0.3 is 5.69 Å². The van der Waals surface area contributed by atoms with E-state index in [1.807, 2.05) is 0 Å². The molecule has 0 aliphatic carbocycles. The van der Waals surface area contributed by atoms with Gasteiger partial charge in [0.1, 0.15) is 0 Å². The maximum Gasteiger partial charge on any atom is 0.311 e. The van der Waals surface area contributed by atoms with Crippen molar-refractivity contribution < 1.29 is 14.5 Å². The SMILES string of the molecule is COc1cc(N2CCN(C(=O)c3cccnc3)CC2)ccc1[N+](=O)[O-]. The summed E-state index contributed by atoms with van der Waals surface area (Å²) in [5, 5.41) is 11.0. The standard InChI is InChI=1S/C17H18N4O4/c1-25-16-11-14(4-5-15(16)21(23)24)19-7-9-20(10-8-19)17(22)13-3-2-6-18-12-13/h2-6,11-12H,7-10H2,1H3. The zero-order chi connectivity index (χ0) is 17.8. The van der Waals surface area contributed by atoms with Gasteiger partial charge in [-0.15, -0.1) is 0 Å². The van der Waals surface area contributed by atoms with E-state index in [4.69, 9.17) is 4.74 Å². The lowest BCUT2D eigenvalue weighted by atomic mass is 10.2. The number of nitrogens with zero attached hydrogens (tertiary/aromatic N) is 4. The predicted octanol–water partition coefficient (Wildman–Crippen LogP) is 1.96. The Hall–Kier alpha value is -3.16. The van der Waals surface area contributed by atoms with Crippen molar-refractivity contribution in [2.45, 2.75) is 0 Å². The Morgan fingerprint density at radius 1 is 1.24 bits per heavy atom. The number of ether oxygens (including phenoxy) is 1. The first-order valence-electron chi connectivity index (χ1n) is 7.87. The van der Waals surface area contributed by atoms with Crippen LogP contribution < -0.4 is 9.64 Å². The molecule has 0 bridgehead atoms. The third-order valence-electron chi connectivity index (χ3n) is 4.20. The van der Waals surface area contributed by atoms with E-state index in [9.17, 15) is 14.9 Å². The number of piperazine rings is 1. The summed E-state index contributed by atoms with van der Waals surface area (Å²) >= 11 is 0. The molecule has 8 heteroatoms. The van der Waals surface area contributed by atoms with Gasteiger partial charge in [0.2, 0.25) is 0 Å². The molecule has 1 saturated heterocycles. The summed E-state index contributed by atoms with van der Waals surface area (Å²) in [6.07, 6.45) is 3.20. The average molecular weight is 342 g/mol. The maximum absolute atomic E-state index is 12.4. The van der Waals surface area contributed by atoms with Crippen LogP contribution in [0.1, 0.15) is 10.4 Å². The van der Waals surface area contributed by atoms with Gasteiger partial charge in [-0.05, 0) is 18.2 Å². The molecule has 0 unspecified atom stereocenters. The van der Waals surface area contributed by atoms with Crippen LogP contribution in [-0.4, -0.2) is 54.0 Å². The number of nitro groups is 1. The third kappa shape index (κ3) is 3.52.